The van der Waals surface area contributed by atoms with Gasteiger partial charge in [-0.05, 0) is 93.3 Å². The van der Waals surface area contributed by atoms with Crippen molar-refractivity contribution >= 4 is 25.8 Å². The number of nitrogens with one attached hydrogen (secondary N) is 1. The van der Waals surface area contributed by atoms with E-state index in [1.807, 2.05) is 13.8 Å². The number of fused-ring (bicyclic) bond motifs is 3. The quantitative estimate of drug-likeness (QED) is 0.448. The second-order valence-electron chi connectivity index (χ2n) is 10.8. The molecule has 0 bridgehead atoms. The largest absolute Gasteiger partial charge is 0.487 e. The van der Waals surface area contributed by atoms with E-state index in [1.165, 1.54) is 30.3 Å². The third-order valence-corrected chi connectivity index (χ3v) is 9.99. The summed E-state index contributed by atoms with van der Waals surface area (Å²) in [6.07, 6.45) is 2.72. The number of benzene rings is 3. The first-order valence-corrected chi connectivity index (χ1v) is 16.2. The SMILES string of the molecule is CC1(C)Oc2ccc(C(=O)NS(=O)(=O)c3ccc(S(C)(=O)=O)cc3)cc2[C@@H]2O[C@H](Cc3ccc(F)cc3)CC[C@H]21. The van der Waals surface area contributed by atoms with Crippen LogP contribution in [0.2, 0.25) is 0 Å². The van der Waals surface area contributed by atoms with Crippen molar-refractivity contribution in [1.29, 1.82) is 0 Å². The Bertz CT molecular complexity index is 1650. The van der Waals surface area contributed by atoms with Gasteiger partial charge >= 0.3 is 0 Å². The maximum Gasteiger partial charge on any atom is 0.265 e. The normalized spacial score (nSPS) is 21.9. The highest BCUT2D eigenvalue weighted by atomic mass is 32.2. The lowest BCUT2D eigenvalue weighted by atomic mass is 9.74. The average Bonchev–Trinajstić information content (AvgIpc) is 2.89. The molecule has 5 rings (SSSR count). The molecule has 1 N–H and O–H groups in total. The van der Waals surface area contributed by atoms with Crippen molar-refractivity contribution < 1.29 is 35.5 Å². The zero-order valence-corrected chi connectivity index (χ0v) is 23.9. The lowest BCUT2D eigenvalue weighted by Crippen LogP contribution is -2.48. The van der Waals surface area contributed by atoms with Crippen molar-refractivity contribution in [3.63, 3.8) is 0 Å². The maximum atomic E-state index is 13.4. The summed E-state index contributed by atoms with van der Waals surface area (Å²) >= 11 is 0. The Labute approximate surface area is 233 Å². The molecule has 0 aliphatic carbocycles. The number of amides is 1. The Morgan fingerprint density at radius 3 is 2.25 bits per heavy atom. The first-order valence-electron chi connectivity index (χ1n) is 12.8. The van der Waals surface area contributed by atoms with Crippen molar-refractivity contribution in [3.8, 4) is 5.75 Å². The van der Waals surface area contributed by atoms with Gasteiger partial charge in [-0.15, -0.1) is 0 Å². The van der Waals surface area contributed by atoms with Crippen LogP contribution in [0.25, 0.3) is 0 Å². The summed E-state index contributed by atoms with van der Waals surface area (Å²) in [6.45, 7) is 4.00. The van der Waals surface area contributed by atoms with Crippen LogP contribution in [0.4, 0.5) is 4.39 Å². The minimum atomic E-state index is -4.26. The molecule has 1 amide bonds. The van der Waals surface area contributed by atoms with Crippen molar-refractivity contribution in [2.24, 2.45) is 5.92 Å². The predicted molar refractivity (Wildman–Crippen MR) is 146 cm³/mol. The highest BCUT2D eigenvalue weighted by Crippen LogP contribution is 2.51. The molecule has 0 radical (unpaired) electrons. The number of rotatable bonds is 6. The lowest BCUT2D eigenvalue weighted by molar-refractivity contribution is -0.149. The Balaban J connectivity index is 1.38. The standard InChI is InChI=1S/C29H30FNO7S2/c1-29(2)25-14-9-21(16-18-4-7-20(30)8-5-18)37-27(25)24-17-19(6-15-26(24)38-29)28(32)31-40(35,36)23-12-10-22(11-13-23)39(3,33)34/h4-8,10-13,15,17,21,25,27H,9,14,16H2,1-3H3,(H,31,32)/t21-,25+,27-/m0/s1. The van der Waals surface area contributed by atoms with Crippen LogP contribution in [0.15, 0.2) is 76.5 Å². The number of sulfonamides is 1. The number of carbonyl (C=O) groups is 1. The third kappa shape index (κ3) is 5.77. The summed E-state index contributed by atoms with van der Waals surface area (Å²) < 4.78 is 77.4. The van der Waals surface area contributed by atoms with E-state index in [-0.39, 0.29) is 39.3 Å². The van der Waals surface area contributed by atoms with Crippen LogP contribution in [0, 0.1) is 11.7 Å². The fourth-order valence-electron chi connectivity index (χ4n) is 5.39. The van der Waals surface area contributed by atoms with Crippen molar-refractivity contribution in [1.82, 2.24) is 4.72 Å². The molecule has 8 nitrogen and oxygen atoms in total. The lowest BCUT2D eigenvalue weighted by Gasteiger charge is -2.49. The van der Waals surface area contributed by atoms with Gasteiger partial charge in [-0.1, -0.05) is 12.1 Å². The minimum absolute atomic E-state index is 0.000120. The van der Waals surface area contributed by atoms with Gasteiger partial charge in [0.25, 0.3) is 15.9 Å². The van der Waals surface area contributed by atoms with E-state index in [0.717, 1.165) is 36.8 Å². The zero-order valence-electron chi connectivity index (χ0n) is 22.3. The van der Waals surface area contributed by atoms with Crippen molar-refractivity contribution in [2.45, 2.75) is 60.7 Å². The minimum Gasteiger partial charge on any atom is -0.487 e. The van der Waals surface area contributed by atoms with Crippen molar-refractivity contribution in [2.75, 3.05) is 6.26 Å². The predicted octanol–water partition coefficient (Wildman–Crippen LogP) is 4.60. The van der Waals surface area contributed by atoms with E-state index in [4.69, 9.17) is 9.47 Å². The van der Waals surface area contributed by atoms with Crippen LogP contribution in [0.3, 0.4) is 0 Å². The van der Waals surface area contributed by atoms with Gasteiger partial charge in [0.1, 0.15) is 17.2 Å². The summed E-state index contributed by atoms with van der Waals surface area (Å²) in [5.74, 6) is -0.577. The highest BCUT2D eigenvalue weighted by molar-refractivity contribution is 7.91. The molecular weight excluding hydrogens is 557 g/mol. The number of sulfone groups is 1. The van der Waals surface area contributed by atoms with Gasteiger partial charge in [0, 0.05) is 23.3 Å². The Hall–Kier alpha value is -3.28. The van der Waals surface area contributed by atoms with Crippen LogP contribution in [0.5, 0.6) is 5.75 Å². The van der Waals surface area contributed by atoms with Crippen LogP contribution in [-0.2, 0) is 31.0 Å². The first-order chi connectivity index (χ1) is 18.7. The van der Waals surface area contributed by atoms with Gasteiger partial charge in [-0.25, -0.2) is 25.9 Å². The van der Waals surface area contributed by atoms with E-state index in [0.29, 0.717) is 17.7 Å². The molecule has 2 heterocycles. The average molecular weight is 588 g/mol. The highest BCUT2D eigenvalue weighted by Gasteiger charge is 2.47. The Kier molecular flexibility index (Phi) is 7.26. The second-order valence-corrected chi connectivity index (χ2v) is 14.5. The molecule has 2 aliphatic rings. The van der Waals surface area contributed by atoms with Crippen LogP contribution < -0.4 is 9.46 Å². The summed E-state index contributed by atoms with van der Waals surface area (Å²) in [6, 6.07) is 15.7. The van der Waals surface area contributed by atoms with E-state index in [1.54, 1.807) is 24.3 Å². The summed E-state index contributed by atoms with van der Waals surface area (Å²) in [4.78, 5) is 12.8. The third-order valence-electron chi connectivity index (χ3n) is 7.51. The number of hydrogen-bond acceptors (Lipinski definition) is 7. The van der Waals surface area contributed by atoms with Crippen LogP contribution in [0.1, 0.15) is 54.3 Å². The Morgan fingerprint density at radius 1 is 0.950 bits per heavy atom. The van der Waals surface area contributed by atoms with Crippen molar-refractivity contribution in [3.05, 3.63) is 89.2 Å². The summed E-state index contributed by atoms with van der Waals surface area (Å²) in [5.41, 5.74) is 1.21. The van der Waals surface area contributed by atoms with Gasteiger partial charge in [-0.3, -0.25) is 4.79 Å². The molecular formula is C29H30FNO7S2. The fourth-order valence-corrected chi connectivity index (χ4v) is 7.00. The second kappa shape index (κ2) is 10.3. The van der Waals surface area contributed by atoms with Gasteiger partial charge in [-0.2, -0.15) is 0 Å². The molecule has 40 heavy (non-hydrogen) atoms. The van der Waals surface area contributed by atoms with Gasteiger partial charge < -0.3 is 9.47 Å². The molecule has 0 spiro atoms. The fraction of sp³-hybridized carbons (Fsp3) is 0.345. The molecule has 0 unspecified atom stereocenters. The molecule has 1 saturated heterocycles. The molecule has 0 saturated carbocycles. The van der Waals surface area contributed by atoms with Gasteiger partial charge in [0.05, 0.1) is 22.0 Å². The number of ether oxygens (including phenoxy) is 2. The monoisotopic (exact) mass is 587 g/mol. The molecule has 3 atom stereocenters. The molecule has 11 heteroatoms. The van der Waals surface area contributed by atoms with E-state index in [2.05, 4.69) is 4.72 Å². The molecule has 212 valence electrons. The molecule has 1 fully saturated rings. The first kappa shape index (κ1) is 28.3. The zero-order chi connectivity index (χ0) is 28.9. The molecule has 0 aromatic heterocycles. The van der Waals surface area contributed by atoms with Gasteiger partial charge in [0.2, 0.25) is 0 Å². The summed E-state index contributed by atoms with van der Waals surface area (Å²) in [5, 5.41) is 0. The molecule has 3 aromatic rings. The van der Waals surface area contributed by atoms with Crippen LogP contribution >= 0.6 is 0 Å². The molecule has 2 aliphatic heterocycles. The maximum absolute atomic E-state index is 13.4. The number of hydrogen-bond donors (Lipinski definition) is 1. The number of halogens is 1. The summed E-state index contributed by atoms with van der Waals surface area (Å²) in [7, 11) is -7.77. The number of carbonyl (C=O) groups excluding carboxylic acids is 1. The van der Waals surface area contributed by atoms with E-state index >= 15 is 0 Å². The molecule has 3 aromatic carbocycles. The van der Waals surface area contributed by atoms with E-state index < -0.39 is 31.4 Å². The smallest absolute Gasteiger partial charge is 0.265 e. The van der Waals surface area contributed by atoms with Crippen LogP contribution in [-0.4, -0.2) is 40.7 Å². The van der Waals surface area contributed by atoms with Gasteiger partial charge in [0.15, 0.2) is 9.84 Å². The topological polar surface area (TPSA) is 116 Å². The van der Waals surface area contributed by atoms with E-state index in [9.17, 15) is 26.0 Å². The Morgan fingerprint density at radius 2 is 1.60 bits per heavy atom.